The Morgan fingerprint density at radius 2 is 0.982 bits per heavy atom. The van der Waals surface area contributed by atoms with Crippen LogP contribution in [0, 0.1) is 0 Å². The monoisotopic (exact) mass is 752 g/mol. The van der Waals surface area contributed by atoms with Gasteiger partial charge in [-0.15, -0.1) is 0 Å². The highest BCUT2D eigenvalue weighted by Crippen LogP contribution is 2.44. The Labute approximate surface area is 315 Å². The molecular weight excluding hydrogens is 727 g/mol. The van der Waals surface area contributed by atoms with Crippen molar-refractivity contribution >= 4 is 39.3 Å². The van der Waals surface area contributed by atoms with Gasteiger partial charge >= 0.3 is 12.4 Å². The molecule has 0 saturated heterocycles. The quantitative estimate of drug-likeness (QED) is 0.130. The highest BCUT2D eigenvalue weighted by Gasteiger charge is 2.41. The number of alkyl halides is 6. The van der Waals surface area contributed by atoms with Crippen molar-refractivity contribution < 1.29 is 35.9 Å². The first-order chi connectivity index (χ1) is 26.9. The number of amides is 2. The van der Waals surface area contributed by atoms with Crippen LogP contribution in [0.5, 0.6) is 0 Å². The second kappa shape index (κ2) is 12.8. The summed E-state index contributed by atoms with van der Waals surface area (Å²) in [4.78, 5) is 30.2. The number of rotatable bonds is 5. The minimum Gasteiger partial charge on any atom is -0.308 e. The molecule has 2 amide bonds. The van der Waals surface area contributed by atoms with Gasteiger partial charge in [0.15, 0.2) is 0 Å². The fourth-order valence-electron chi connectivity index (χ4n) is 7.60. The maximum absolute atomic E-state index is 14.7. The number of hydrogen-bond acceptors (Lipinski definition) is 2. The predicted octanol–water partition coefficient (Wildman–Crippen LogP) is 12.6. The number of anilines is 1. The van der Waals surface area contributed by atoms with Crippen LogP contribution in [0.1, 0.15) is 31.8 Å². The number of aromatic nitrogens is 1. The molecule has 1 aliphatic rings. The molecule has 10 heteroatoms. The number of fused-ring (bicyclic) bond motifs is 4. The molecule has 1 aromatic heterocycles. The molecule has 0 spiro atoms. The van der Waals surface area contributed by atoms with Crippen LogP contribution >= 0.6 is 0 Å². The van der Waals surface area contributed by atoms with Gasteiger partial charge in [-0.2, -0.15) is 26.3 Å². The Bertz CT molecular complexity index is 2850. The number of benzene rings is 7. The van der Waals surface area contributed by atoms with Crippen LogP contribution in [0.2, 0.25) is 0 Å². The molecule has 0 saturated carbocycles. The lowest BCUT2D eigenvalue weighted by atomic mass is 9.97. The second-order valence-electron chi connectivity index (χ2n) is 13.5. The smallest absolute Gasteiger partial charge is 0.308 e. The number of halogens is 6. The van der Waals surface area contributed by atoms with E-state index in [2.05, 4.69) is 0 Å². The molecule has 0 atom stereocenters. The Morgan fingerprint density at radius 1 is 0.393 bits per heavy atom. The molecule has 0 aliphatic carbocycles. The fourth-order valence-corrected chi connectivity index (χ4v) is 7.60. The third-order valence-electron chi connectivity index (χ3n) is 10.2. The van der Waals surface area contributed by atoms with Gasteiger partial charge in [-0.05, 0) is 88.5 Å². The Hall–Kier alpha value is -6.94. The summed E-state index contributed by atoms with van der Waals surface area (Å²) in [5.41, 5.74) is 2.68. The first-order valence-corrected chi connectivity index (χ1v) is 17.5. The number of hydrogen-bond donors (Lipinski definition) is 0. The highest BCUT2D eigenvalue weighted by atomic mass is 19.4. The van der Waals surface area contributed by atoms with Gasteiger partial charge in [-0.1, -0.05) is 97.1 Å². The van der Waals surface area contributed by atoms with Gasteiger partial charge in [0.1, 0.15) is 0 Å². The van der Waals surface area contributed by atoms with Crippen molar-refractivity contribution in [3.8, 4) is 39.1 Å². The number of para-hydroxylation sites is 1. The maximum atomic E-state index is 14.7. The van der Waals surface area contributed by atoms with Crippen LogP contribution in [-0.2, 0) is 12.4 Å². The minimum absolute atomic E-state index is 0.103. The number of carbonyl (C=O) groups excluding carboxylic acids is 2. The van der Waals surface area contributed by atoms with Crippen LogP contribution < -0.4 is 4.90 Å². The van der Waals surface area contributed by atoms with E-state index in [0.717, 1.165) is 16.7 Å². The first-order valence-electron chi connectivity index (χ1n) is 17.5. The van der Waals surface area contributed by atoms with Crippen LogP contribution in [0.4, 0.5) is 32.0 Å². The first kappa shape index (κ1) is 34.8. The summed E-state index contributed by atoms with van der Waals surface area (Å²) in [6.07, 6.45) is -10.0. The van der Waals surface area contributed by atoms with Gasteiger partial charge in [-0.3, -0.25) is 9.59 Å². The van der Waals surface area contributed by atoms with E-state index in [4.69, 9.17) is 0 Å². The van der Waals surface area contributed by atoms with Gasteiger partial charge in [0.05, 0.1) is 44.7 Å². The molecule has 2 heterocycles. The largest absolute Gasteiger partial charge is 0.416 e. The molecule has 0 fully saturated rings. The van der Waals surface area contributed by atoms with Crippen LogP contribution in [-0.4, -0.2) is 16.4 Å². The summed E-state index contributed by atoms with van der Waals surface area (Å²) in [5.74, 6) is -1.05. The Morgan fingerprint density at radius 3 is 1.66 bits per heavy atom. The molecule has 274 valence electrons. The molecule has 0 unspecified atom stereocenters. The predicted molar refractivity (Wildman–Crippen MR) is 205 cm³/mol. The zero-order chi connectivity index (χ0) is 38.9. The minimum atomic E-state index is -5.01. The SMILES string of the molecule is O=C1c2cccc(-n3c4ccccc4c4cc(-c5cc(C(F)(F)F)cc(C(F)(F)F)c5)ccc43)c2C(=O)N1c1ccc(-c2ccccc2)cc1-c1ccccc1. The van der Waals surface area contributed by atoms with E-state index in [1.807, 2.05) is 72.8 Å². The highest BCUT2D eigenvalue weighted by molar-refractivity contribution is 6.36. The molecule has 9 rings (SSSR count). The molecule has 1 aliphatic heterocycles. The van der Waals surface area contributed by atoms with Gasteiger partial charge < -0.3 is 4.57 Å². The van der Waals surface area contributed by atoms with E-state index in [1.54, 1.807) is 65.2 Å². The van der Waals surface area contributed by atoms with E-state index in [0.29, 0.717) is 50.9 Å². The molecule has 0 bridgehead atoms. The summed E-state index contributed by atoms with van der Waals surface area (Å²) in [6, 6.07) is 43.0. The Balaban J connectivity index is 1.20. The molecule has 8 aromatic rings. The average molecular weight is 753 g/mol. The number of carbonyl (C=O) groups is 2. The standard InChI is InChI=1S/C46H26F6N2O2/c47-45(48,49)32-22-31(23-33(26-32)46(50,51)52)30-19-21-40-37(25-30)34-14-7-8-16-38(34)53(40)41-17-9-15-35-42(41)44(56)54(43(35)55)39-20-18-29(27-10-3-1-4-11-27)24-36(39)28-12-5-2-6-13-28/h1-26H. The lowest BCUT2D eigenvalue weighted by Crippen LogP contribution is -2.30. The van der Waals surface area contributed by atoms with Crippen molar-refractivity contribution in [2.45, 2.75) is 12.4 Å². The zero-order valence-electron chi connectivity index (χ0n) is 29.0. The molecule has 56 heavy (non-hydrogen) atoms. The van der Waals surface area contributed by atoms with E-state index in [9.17, 15) is 35.9 Å². The zero-order valence-corrected chi connectivity index (χ0v) is 29.0. The lowest BCUT2D eigenvalue weighted by molar-refractivity contribution is -0.143. The van der Waals surface area contributed by atoms with Gasteiger partial charge in [0, 0.05) is 16.3 Å². The van der Waals surface area contributed by atoms with Crippen molar-refractivity contribution in [2.75, 3.05) is 4.90 Å². The van der Waals surface area contributed by atoms with Crippen molar-refractivity contribution in [1.82, 2.24) is 4.57 Å². The summed E-state index contributed by atoms with van der Waals surface area (Å²) in [6.45, 7) is 0. The van der Waals surface area contributed by atoms with E-state index in [-0.39, 0.29) is 28.3 Å². The number of imide groups is 1. The van der Waals surface area contributed by atoms with Crippen molar-refractivity contribution in [2.24, 2.45) is 0 Å². The third kappa shape index (κ3) is 5.72. The van der Waals surface area contributed by atoms with Crippen LogP contribution in [0.25, 0.3) is 60.9 Å². The second-order valence-corrected chi connectivity index (χ2v) is 13.5. The van der Waals surface area contributed by atoms with Gasteiger partial charge in [0.25, 0.3) is 11.8 Å². The van der Waals surface area contributed by atoms with E-state index >= 15 is 0 Å². The molecule has 4 nitrogen and oxygen atoms in total. The van der Waals surface area contributed by atoms with Crippen LogP contribution in [0.3, 0.4) is 0 Å². The summed E-state index contributed by atoms with van der Waals surface area (Å²) < 4.78 is 84.5. The number of nitrogens with zero attached hydrogens (tertiary/aromatic N) is 2. The van der Waals surface area contributed by atoms with E-state index in [1.165, 1.54) is 11.0 Å². The molecule has 7 aromatic carbocycles. The molecule has 0 radical (unpaired) electrons. The van der Waals surface area contributed by atoms with E-state index < -0.39 is 35.3 Å². The average Bonchev–Trinajstić information content (AvgIpc) is 3.67. The van der Waals surface area contributed by atoms with Crippen molar-refractivity contribution in [1.29, 1.82) is 0 Å². The third-order valence-corrected chi connectivity index (χ3v) is 10.2. The topological polar surface area (TPSA) is 42.3 Å². The summed E-state index contributed by atoms with van der Waals surface area (Å²) >= 11 is 0. The van der Waals surface area contributed by atoms with Gasteiger partial charge in [0.2, 0.25) is 0 Å². The fraction of sp³-hybridized carbons (Fsp3) is 0.0435. The lowest BCUT2D eigenvalue weighted by Gasteiger charge is -2.20. The van der Waals surface area contributed by atoms with Gasteiger partial charge in [-0.25, -0.2) is 4.90 Å². The summed E-state index contributed by atoms with van der Waals surface area (Å²) in [7, 11) is 0. The maximum Gasteiger partial charge on any atom is 0.416 e. The van der Waals surface area contributed by atoms with Crippen molar-refractivity contribution in [3.05, 3.63) is 180 Å². The van der Waals surface area contributed by atoms with Crippen molar-refractivity contribution in [3.63, 3.8) is 0 Å². The normalized spacial score (nSPS) is 13.2. The van der Waals surface area contributed by atoms with Crippen LogP contribution in [0.15, 0.2) is 158 Å². The Kier molecular flexibility index (Phi) is 7.98. The molecule has 0 N–H and O–H groups in total. The molecular formula is C46H26F6N2O2. The summed E-state index contributed by atoms with van der Waals surface area (Å²) in [5, 5.41) is 1.17.